The molecule has 0 bridgehead atoms. The molecule has 6 heteroatoms. The first-order valence-electron chi connectivity index (χ1n) is 29.2. The first-order valence-corrected chi connectivity index (χ1v) is 29.2. The summed E-state index contributed by atoms with van der Waals surface area (Å²) in [5.74, 6) is -0.0460. The van der Waals surface area contributed by atoms with Crippen LogP contribution in [-0.4, -0.2) is 47.4 Å². The SMILES string of the molecule is CCCCC/C=C\C/C=C\CCCCCCCCCC(=O)OCCCCCCCCCCC/C=C\CCCCCCCCCC(=O)NC(CO)C(O)CCCCCCCCCCCCCC. The van der Waals surface area contributed by atoms with Crippen LogP contribution >= 0.6 is 0 Å². The zero-order valence-corrected chi connectivity index (χ0v) is 44.2. The quantitative estimate of drug-likeness (QED) is 0.0321. The molecule has 0 aliphatic heterocycles. The van der Waals surface area contributed by atoms with Crippen molar-refractivity contribution in [2.75, 3.05) is 13.2 Å². The van der Waals surface area contributed by atoms with Crippen LogP contribution in [0.4, 0.5) is 0 Å². The maximum atomic E-state index is 12.4. The van der Waals surface area contributed by atoms with Crippen molar-refractivity contribution >= 4 is 11.9 Å². The third-order valence-electron chi connectivity index (χ3n) is 13.4. The Morgan fingerprint density at radius 1 is 0.424 bits per heavy atom. The third kappa shape index (κ3) is 51.5. The molecule has 0 saturated carbocycles. The van der Waals surface area contributed by atoms with Crippen molar-refractivity contribution in [3.8, 4) is 0 Å². The smallest absolute Gasteiger partial charge is 0.305 e. The second-order valence-electron chi connectivity index (χ2n) is 20.0. The number of hydrogen-bond donors (Lipinski definition) is 3. The second kappa shape index (κ2) is 55.7. The number of carbonyl (C=O) groups is 2. The highest BCUT2D eigenvalue weighted by atomic mass is 16.5. The summed E-state index contributed by atoms with van der Waals surface area (Å²) in [4.78, 5) is 24.5. The number of rotatable bonds is 54. The van der Waals surface area contributed by atoms with E-state index in [1.165, 1.54) is 225 Å². The van der Waals surface area contributed by atoms with Gasteiger partial charge in [-0.25, -0.2) is 0 Å². The highest BCUT2D eigenvalue weighted by Gasteiger charge is 2.20. The van der Waals surface area contributed by atoms with Crippen molar-refractivity contribution in [2.45, 2.75) is 321 Å². The minimum absolute atomic E-state index is 0.00171. The van der Waals surface area contributed by atoms with Gasteiger partial charge in [0.2, 0.25) is 5.91 Å². The standard InChI is InChI=1S/C60H113NO5/c1-3-5-7-9-11-13-15-17-18-23-27-30-34-38-42-46-50-54-60(65)66-55-51-47-43-39-35-31-28-25-22-20-19-21-24-26-29-33-37-41-45-49-53-59(64)61-57(56-62)58(63)52-48-44-40-36-32-16-14-12-10-8-6-4-2/h11,13,17-19,21,57-58,62-63H,3-10,12,14-16,20,22-56H2,1-2H3,(H,61,64)/b13-11-,18-17-,21-19-. The Labute approximate surface area is 411 Å². The summed E-state index contributed by atoms with van der Waals surface area (Å²) >= 11 is 0. The molecule has 0 aliphatic rings. The maximum Gasteiger partial charge on any atom is 0.305 e. The number of amides is 1. The van der Waals surface area contributed by atoms with E-state index in [1.54, 1.807) is 0 Å². The fourth-order valence-electron chi connectivity index (χ4n) is 8.90. The Kier molecular flexibility index (Phi) is 54.1. The molecule has 0 aromatic carbocycles. The second-order valence-corrected chi connectivity index (χ2v) is 20.0. The maximum absolute atomic E-state index is 12.4. The molecule has 0 radical (unpaired) electrons. The van der Waals surface area contributed by atoms with E-state index in [-0.39, 0.29) is 18.5 Å². The predicted molar refractivity (Wildman–Crippen MR) is 287 cm³/mol. The number of allylic oxidation sites excluding steroid dienone is 6. The van der Waals surface area contributed by atoms with Crippen molar-refractivity contribution in [1.29, 1.82) is 0 Å². The van der Waals surface area contributed by atoms with Crippen molar-refractivity contribution < 1.29 is 24.5 Å². The molecule has 1 amide bonds. The fourth-order valence-corrected chi connectivity index (χ4v) is 8.90. The van der Waals surface area contributed by atoms with E-state index in [2.05, 4.69) is 55.6 Å². The van der Waals surface area contributed by atoms with Gasteiger partial charge in [0.05, 0.1) is 25.4 Å². The number of ether oxygens (including phenoxy) is 1. The highest BCUT2D eigenvalue weighted by Crippen LogP contribution is 2.16. The predicted octanol–water partition coefficient (Wildman–Crippen LogP) is 18.0. The van der Waals surface area contributed by atoms with Crippen LogP contribution < -0.4 is 5.32 Å². The van der Waals surface area contributed by atoms with Crippen molar-refractivity contribution in [1.82, 2.24) is 5.32 Å². The molecular formula is C60H113NO5. The summed E-state index contributed by atoms with van der Waals surface area (Å²) in [6.45, 7) is 4.91. The molecule has 0 aromatic heterocycles. The minimum atomic E-state index is -0.669. The third-order valence-corrected chi connectivity index (χ3v) is 13.4. The molecule has 66 heavy (non-hydrogen) atoms. The number of esters is 1. The van der Waals surface area contributed by atoms with Gasteiger partial charge in [-0.3, -0.25) is 9.59 Å². The van der Waals surface area contributed by atoms with E-state index in [4.69, 9.17) is 4.74 Å². The summed E-state index contributed by atoms with van der Waals surface area (Å²) in [5.41, 5.74) is 0. The summed E-state index contributed by atoms with van der Waals surface area (Å²) in [5, 5.41) is 23.2. The molecule has 3 N–H and O–H groups in total. The van der Waals surface area contributed by atoms with Crippen molar-refractivity contribution in [2.24, 2.45) is 0 Å². The zero-order valence-electron chi connectivity index (χ0n) is 44.2. The van der Waals surface area contributed by atoms with Crippen LogP contribution in [0.3, 0.4) is 0 Å². The van der Waals surface area contributed by atoms with Gasteiger partial charge >= 0.3 is 5.97 Å². The monoisotopic (exact) mass is 928 g/mol. The lowest BCUT2D eigenvalue weighted by atomic mass is 10.0. The Morgan fingerprint density at radius 3 is 1.20 bits per heavy atom. The van der Waals surface area contributed by atoms with E-state index < -0.39 is 12.1 Å². The summed E-state index contributed by atoms with van der Waals surface area (Å²) in [7, 11) is 0. The van der Waals surface area contributed by atoms with Crippen LogP contribution in [0.2, 0.25) is 0 Å². The van der Waals surface area contributed by atoms with Crippen LogP contribution in [0.15, 0.2) is 36.5 Å². The first kappa shape index (κ1) is 64.1. The fraction of sp³-hybridized carbons (Fsp3) is 0.867. The largest absolute Gasteiger partial charge is 0.466 e. The van der Waals surface area contributed by atoms with E-state index >= 15 is 0 Å². The van der Waals surface area contributed by atoms with E-state index in [1.807, 2.05) is 0 Å². The number of nitrogens with one attached hydrogen (secondary N) is 1. The van der Waals surface area contributed by atoms with Crippen molar-refractivity contribution in [3.63, 3.8) is 0 Å². The van der Waals surface area contributed by atoms with Crippen LogP contribution in [0.5, 0.6) is 0 Å². The molecule has 0 aromatic rings. The molecule has 388 valence electrons. The molecular weight excluding hydrogens is 815 g/mol. The average Bonchev–Trinajstić information content (AvgIpc) is 3.32. The van der Waals surface area contributed by atoms with Gasteiger partial charge in [0.1, 0.15) is 0 Å². The summed E-state index contributed by atoms with van der Waals surface area (Å²) in [6.07, 6.45) is 68.5. The minimum Gasteiger partial charge on any atom is -0.466 e. The molecule has 0 heterocycles. The Morgan fingerprint density at radius 2 is 0.758 bits per heavy atom. The average molecular weight is 929 g/mol. The van der Waals surface area contributed by atoms with Crippen molar-refractivity contribution in [3.05, 3.63) is 36.5 Å². The number of carbonyl (C=O) groups excluding carboxylic acids is 2. The molecule has 0 saturated heterocycles. The van der Waals surface area contributed by atoms with Crippen LogP contribution in [-0.2, 0) is 14.3 Å². The number of unbranched alkanes of at least 4 members (excludes halogenated alkanes) is 37. The highest BCUT2D eigenvalue weighted by molar-refractivity contribution is 5.76. The number of aliphatic hydroxyl groups is 2. The molecule has 0 spiro atoms. The lowest BCUT2D eigenvalue weighted by Gasteiger charge is -2.22. The number of aliphatic hydroxyl groups excluding tert-OH is 2. The molecule has 0 aliphatic carbocycles. The molecule has 2 unspecified atom stereocenters. The van der Waals surface area contributed by atoms with Gasteiger partial charge in [-0.1, -0.05) is 249 Å². The van der Waals surface area contributed by atoms with Gasteiger partial charge in [0.15, 0.2) is 0 Å². The Bertz CT molecular complexity index is 1070. The summed E-state index contributed by atoms with van der Waals surface area (Å²) < 4.78 is 5.48. The Balaban J connectivity index is 3.42. The van der Waals surface area contributed by atoms with Gasteiger partial charge in [-0.2, -0.15) is 0 Å². The lowest BCUT2D eigenvalue weighted by Crippen LogP contribution is -2.45. The van der Waals surface area contributed by atoms with Crippen LogP contribution in [0, 0.1) is 0 Å². The van der Waals surface area contributed by atoms with Crippen LogP contribution in [0.25, 0.3) is 0 Å². The lowest BCUT2D eigenvalue weighted by molar-refractivity contribution is -0.143. The van der Waals surface area contributed by atoms with Gasteiger partial charge in [0.25, 0.3) is 0 Å². The van der Waals surface area contributed by atoms with Gasteiger partial charge in [-0.15, -0.1) is 0 Å². The van der Waals surface area contributed by atoms with E-state index in [9.17, 15) is 19.8 Å². The molecule has 6 nitrogen and oxygen atoms in total. The zero-order chi connectivity index (χ0) is 47.9. The van der Waals surface area contributed by atoms with E-state index in [0.717, 1.165) is 51.4 Å². The Hall–Kier alpha value is -1.92. The topological polar surface area (TPSA) is 95.9 Å². The van der Waals surface area contributed by atoms with Gasteiger partial charge in [0, 0.05) is 12.8 Å². The summed E-state index contributed by atoms with van der Waals surface area (Å²) in [6, 6.07) is -0.547. The normalized spacial score (nSPS) is 12.8. The molecule has 2 atom stereocenters. The molecule has 0 fully saturated rings. The van der Waals surface area contributed by atoms with E-state index in [0.29, 0.717) is 25.9 Å². The number of hydrogen-bond acceptors (Lipinski definition) is 5. The van der Waals surface area contributed by atoms with Gasteiger partial charge < -0.3 is 20.3 Å². The van der Waals surface area contributed by atoms with Gasteiger partial charge in [-0.05, 0) is 83.5 Å². The van der Waals surface area contributed by atoms with Crippen LogP contribution in [0.1, 0.15) is 309 Å². The first-order chi connectivity index (χ1) is 32.5. The molecule has 0 rings (SSSR count).